The van der Waals surface area contributed by atoms with E-state index in [1.165, 1.54) is 0 Å². The van der Waals surface area contributed by atoms with Crippen LogP contribution in [-0.4, -0.2) is 83.1 Å². The molecule has 1 aliphatic heterocycles. The normalized spacial score (nSPS) is 22.0. The Labute approximate surface area is 159 Å². The summed E-state index contributed by atoms with van der Waals surface area (Å²) in [5.41, 5.74) is 1.06. The molecule has 8 heteroatoms. The summed E-state index contributed by atoms with van der Waals surface area (Å²) in [6.07, 6.45) is -0.719. The van der Waals surface area contributed by atoms with Gasteiger partial charge in [-0.1, -0.05) is 12.1 Å². The van der Waals surface area contributed by atoms with Crippen molar-refractivity contribution in [1.82, 2.24) is 5.32 Å². The van der Waals surface area contributed by atoms with E-state index in [1.54, 1.807) is 14.2 Å². The smallest absolute Gasteiger partial charge is 0.332 e. The third kappa shape index (κ3) is 7.43. The third-order valence-corrected chi connectivity index (χ3v) is 4.27. The summed E-state index contributed by atoms with van der Waals surface area (Å²) in [5.74, 6) is 0.281. The molecule has 0 bridgehead atoms. The molecule has 1 heterocycles. The first-order chi connectivity index (χ1) is 13.1. The van der Waals surface area contributed by atoms with E-state index in [2.05, 4.69) is 5.32 Å². The lowest BCUT2D eigenvalue weighted by atomic mass is 10.0. The van der Waals surface area contributed by atoms with Gasteiger partial charge in [-0.15, -0.1) is 0 Å². The van der Waals surface area contributed by atoms with Gasteiger partial charge in [0.1, 0.15) is 24.6 Å². The van der Waals surface area contributed by atoms with Crippen molar-refractivity contribution in [3.8, 4) is 5.75 Å². The van der Waals surface area contributed by atoms with Gasteiger partial charge < -0.3 is 34.1 Å². The fraction of sp³-hybridized carbons (Fsp3) is 0.632. The Kier molecular flexibility index (Phi) is 9.51. The Balaban J connectivity index is 1.72. The third-order valence-electron chi connectivity index (χ3n) is 4.27. The molecule has 0 unspecified atom stereocenters. The number of methoxy groups -OCH3 is 2. The molecular formula is C19H29NO7. The second kappa shape index (κ2) is 11.9. The second-order valence-electron chi connectivity index (χ2n) is 6.25. The fourth-order valence-corrected chi connectivity index (χ4v) is 2.84. The van der Waals surface area contributed by atoms with Crippen molar-refractivity contribution >= 4 is 5.97 Å². The first kappa shape index (κ1) is 21.6. The Hall–Kier alpha value is -1.71. The average molecular weight is 383 g/mol. The largest absolute Gasteiger partial charge is 0.497 e. The average Bonchev–Trinajstić information content (AvgIpc) is 3.01. The molecule has 1 aromatic carbocycles. The van der Waals surface area contributed by atoms with Gasteiger partial charge in [-0.3, -0.25) is 0 Å². The van der Waals surface area contributed by atoms with E-state index in [9.17, 15) is 9.90 Å². The van der Waals surface area contributed by atoms with Crippen LogP contribution >= 0.6 is 0 Å². The number of benzene rings is 1. The molecule has 0 spiro atoms. The van der Waals surface area contributed by atoms with Gasteiger partial charge in [-0.2, -0.15) is 0 Å². The maximum atomic E-state index is 12.0. The zero-order chi connectivity index (χ0) is 19.5. The van der Waals surface area contributed by atoms with Gasteiger partial charge >= 0.3 is 5.97 Å². The highest BCUT2D eigenvalue weighted by Crippen LogP contribution is 2.19. The van der Waals surface area contributed by atoms with Gasteiger partial charge in [-0.05, 0) is 24.1 Å². The zero-order valence-corrected chi connectivity index (χ0v) is 15.9. The molecule has 1 saturated heterocycles. The first-order valence-electron chi connectivity index (χ1n) is 9.02. The predicted molar refractivity (Wildman–Crippen MR) is 97.9 cm³/mol. The van der Waals surface area contributed by atoms with Gasteiger partial charge in [0.2, 0.25) is 0 Å². The van der Waals surface area contributed by atoms with Crippen LogP contribution in [-0.2, 0) is 30.2 Å². The number of carbonyl (C=O) groups is 1. The van der Waals surface area contributed by atoms with E-state index in [1.807, 2.05) is 24.3 Å². The zero-order valence-electron chi connectivity index (χ0n) is 15.9. The van der Waals surface area contributed by atoms with E-state index in [-0.39, 0.29) is 12.6 Å². The van der Waals surface area contributed by atoms with Crippen LogP contribution in [0.25, 0.3) is 0 Å². The Morgan fingerprint density at radius 1 is 1.11 bits per heavy atom. The van der Waals surface area contributed by atoms with E-state index in [0.29, 0.717) is 39.4 Å². The lowest BCUT2D eigenvalue weighted by Gasteiger charge is -2.22. The van der Waals surface area contributed by atoms with E-state index < -0.39 is 18.2 Å². The van der Waals surface area contributed by atoms with Crippen molar-refractivity contribution in [3.05, 3.63) is 29.8 Å². The fourth-order valence-electron chi connectivity index (χ4n) is 2.84. The molecule has 0 amide bonds. The predicted octanol–water partition coefficient (Wildman–Crippen LogP) is 0.162. The minimum atomic E-state index is -0.741. The number of rotatable bonds is 12. The van der Waals surface area contributed by atoms with Crippen molar-refractivity contribution < 1.29 is 33.6 Å². The van der Waals surface area contributed by atoms with Crippen LogP contribution < -0.4 is 10.1 Å². The summed E-state index contributed by atoms with van der Waals surface area (Å²) in [7, 11) is 3.22. The van der Waals surface area contributed by atoms with Crippen LogP contribution in [0.1, 0.15) is 5.56 Å². The Bertz CT molecular complexity index is 551. The number of aliphatic hydroxyl groups excluding tert-OH is 1. The van der Waals surface area contributed by atoms with Crippen LogP contribution in [0.2, 0.25) is 0 Å². The molecule has 27 heavy (non-hydrogen) atoms. The van der Waals surface area contributed by atoms with Crippen LogP contribution in [0.15, 0.2) is 24.3 Å². The summed E-state index contributed by atoms with van der Waals surface area (Å²) in [6, 6.07) is 7.51. The minimum absolute atomic E-state index is 0.158. The van der Waals surface area contributed by atoms with E-state index in [4.69, 9.17) is 23.7 Å². The molecule has 1 aromatic rings. The summed E-state index contributed by atoms with van der Waals surface area (Å²) in [4.78, 5) is 12.0. The van der Waals surface area contributed by atoms with E-state index in [0.717, 1.165) is 11.3 Å². The highest BCUT2D eigenvalue weighted by atomic mass is 16.6. The highest BCUT2D eigenvalue weighted by molar-refractivity contribution is 5.71. The summed E-state index contributed by atoms with van der Waals surface area (Å²) < 4.78 is 25.9. The Morgan fingerprint density at radius 2 is 1.81 bits per heavy atom. The molecule has 2 N–H and O–H groups in total. The molecule has 8 nitrogen and oxygen atoms in total. The van der Waals surface area contributed by atoms with Gasteiger partial charge in [0, 0.05) is 13.7 Å². The standard InChI is InChI=1S/C19H29NO7/c1-23-7-8-25-9-10-26-13-18(22)27-19-16(20-12-17(19)21)11-14-3-5-15(24-2)6-4-14/h3-6,16-17,19-21H,7-13H2,1-2H3/t16-,17+,19+/m1/s1. The lowest BCUT2D eigenvalue weighted by Crippen LogP contribution is -2.39. The molecule has 152 valence electrons. The first-order valence-corrected chi connectivity index (χ1v) is 9.02. The monoisotopic (exact) mass is 383 g/mol. The molecule has 0 radical (unpaired) electrons. The lowest BCUT2D eigenvalue weighted by molar-refractivity contribution is -0.159. The topological polar surface area (TPSA) is 95.5 Å². The number of hydrogen-bond acceptors (Lipinski definition) is 8. The van der Waals surface area contributed by atoms with Crippen LogP contribution in [0.5, 0.6) is 5.75 Å². The summed E-state index contributed by atoms with van der Waals surface area (Å²) in [5, 5.41) is 13.3. The van der Waals surface area contributed by atoms with Gasteiger partial charge in [-0.25, -0.2) is 4.79 Å². The molecule has 2 rings (SSSR count). The molecule has 1 aliphatic rings. The number of hydrogen-bond donors (Lipinski definition) is 2. The molecular weight excluding hydrogens is 354 g/mol. The van der Waals surface area contributed by atoms with Crippen molar-refractivity contribution in [2.75, 3.05) is 53.8 Å². The molecule has 3 atom stereocenters. The number of β-amino-alcohol motifs (C(OH)–C–C–N with tert-alkyl or cyclic N) is 1. The molecule has 1 fully saturated rings. The molecule has 0 aliphatic carbocycles. The number of esters is 1. The number of nitrogens with one attached hydrogen (secondary N) is 1. The van der Waals surface area contributed by atoms with Gasteiger partial charge in [0.05, 0.1) is 39.6 Å². The van der Waals surface area contributed by atoms with Crippen LogP contribution in [0.4, 0.5) is 0 Å². The maximum absolute atomic E-state index is 12.0. The van der Waals surface area contributed by atoms with Gasteiger partial charge in [0.15, 0.2) is 0 Å². The van der Waals surface area contributed by atoms with Gasteiger partial charge in [0.25, 0.3) is 0 Å². The number of carbonyl (C=O) groups excluding carboxylic acids is 1. The minimum Gasteiger partial charge on any atom is -0.497 e. The summed E-state index contributed by atoms with van der Waals surface area (Å²) >= 11 is 0. The van der Waals surface area contributed by atoms with Crippen molar-refractivity contribution in [2.45, 2.75) is 24.7 Å². The van der Waals surface area contributed by atoms with Crippen LogP contribution in [0, 0.1) is 0 Å². The Morgan fingerprint density at radius 3 is 2.52 bits per heavy atom. The summed E-state index contributed by atoms with van der Waals surface area (Å²) in [6.45, 7) is 1.88. The van der Waals surface area contributed by atoms with Crippen molar-refractivity contribution in [3.63, 3.8) is 0 Å². The SMILES string of the molecule is COCCOCCOCC(=O)O[C@@H]1[C@@H](O)CN[C@@H]1Cc1ccc(OC)cc1. The molecule has 0 saturated carbocycles. The second-order valence-corrected chi connectivity index (χ2v) is 6.25. The highest BCUT2D eigenvalue weighted by Gasteiger charge is 2.37. The number of aliphatic hydroxyl groups is 1. The van der Waals surface area contributed by atoms with Crippen molar-refractivity contribution in [1.29, 1.82) is 0 Å². The molecule has 0 aromatic heterocycles. The van der Waals surface area contributed by atoms with Crippen molar-refractivity contribution in [2.24, 2.45) is 0 Å². The maximum Gasteiger partial charge on any atom is 0.332 e. The quantitative estimate of drug-likeness (QED) is 0.389. The van der Waals surface area contributed by atoms with Crippen LogP contribution in [0.3, 0.4) is 0 Å². The van der Waals surface area contributed by atoms with E-state index >= 15 is 0 Å². The number of ether oxygens (including phenoxy) is 5.